The third-order valence-electron chi connectivity index (χ3n) is 4.67. The first-order valence-corrected chi connectivity index (χ1v) is 7.87. The number of phenolic OH excluding ortho intramolecular Hbond substituents is 1. The van der Waals surface area contributed by atoms with Crippen LogP contribution in [0.3, 0.4) is 0 Å². The van der Waals surface area contributed by atoms with E-state index in [9.17, 15) is 5.11 Å². The third kappa shape index (κ3) is 3.99. The topological polar surface area (TPSA) is 23.5 Å². The molecule has 20 heavy (non-hydrogen) atoms. The standard InChI is InChI=1S/C18H29NO/c1-14-7-8-17(20)15(12-14)13-19-10-5-6-16(9-11-19)18(2,3)4/h7-8,12,16,20H,5-6,9-11,13H2,1-4H3. The quantitative estimate of drug-likeness (QED) is 0.867. The maximum atomic E-state index is 9.99. The van der Waals surface area contributed by atoms with Gasteiger partial charge in [0.15, 0.2) is 0 Å². The van der Waals surface area contributed by atoms with E-state index in [1.807, 2.05) is 12.1 Å². The second-order valence-electron chi connectivity index (χ2n) is 7.40. The number of phenols is 1. The summed E-state index contributed by atoms with van der Waals surface area (Å²) in [6.07, 6.45) is 3.88. The highest BCUT2D eigenvalue weighted by Crippen LogP contribution is 2.34. The number of aryl methyl sites for hydroxylation is 1. The van der Waals surface area contributed by atoms with E-state index in [0.29, 0.717) is 11.2 Å². The average molecular weight is 275 g/mol. The molecule has 1 saturated heterocycles. The Bertz CT molecular complexity index is 447. The fourth-order valence-electron chi connectivity index (χ4n) is 3.26. The van der Waals surface area contributed by atoms with Crippen molar-refractivity contribution in [2.75, 3.05) is 13.1 Å². The molecule has 2 nitrogen and oxygen atoms in total. The van der Waals surface area contributed by atoms with E-state index in [2.05, 4.69) is 38.7 Å². The predicted molar refractivity (Wildman–Crippen MR) is 84.9 cm³/mol. The van der Waals surface area contributed by atoms with Crippen LogP contribution in [0.15, 0.2) is 18.2 Å². The van der Waals surface area contributed by atoms with Gasteiger partial charge < -0.3 is 5.11 Å². The number of likely N-dealkylation sites (tertiary alicyclic amines) is 1. The van der Waals surface area contributed by atoms with Gasteiger partial charge in [0, 0.05) is 12.1 Å². The molecule has 0 bridgehead atoms. The fourth-order valence-corrected chi connectivity index (χ4v) is 3.26. The Morgan fingerprint density at radius 1 is 1.20 bits per heavy atom. The third-order valence-corrected chi connectivity index (χ3v) is 4.67. The van der Waals surface area contributed by atoms with Gasteiger partial charge in [-0.1, -0.05) is 38.5 Å². The van der Waals surface area contributed by atoms with Crippen molar-refractivity contribution in [3.8, 4) is 5.75 Å². The first-order chi connectivity index (χ1) is 9.36. The Balaban J connectivity index is 1.99. The van der Waals surface area contributed by atoms with Gasteiger partial charge in [-0.05, 0) is 56.7 Å². The molecule has 112 valence electrons. The molecule has 0 radical (unpaired) electrons. The highest BCUT2D eigenvalue weighted by Gasteiger charge is 2.27. The summed E-state index contributed by atoms with van der Waals surface area (Å²) in [4.78, 5) is 2.50. The normalized spacial score (nSPS) is 21.7. The van der Waals surface area contributed by atoms with Gasteiger partial charge in [-0.15, -0.1) is 0 Å². The van der Waals surface area contributed by atoms with E-state index in [-0.39, 0.29) is 0 Å². The van der Waals surface area contributed by atoms with E-state index < -0.39 is 0 Å². The first kappa shape index (κ1) is 15.4. The lowest BCUT2D eigenvalue weighted by Crippen LogP contribution is -2.26. The molecule has 0 saturated carbocycles. The first-order valence-electron chi connectivity index (χ1n) is 7.87. The SMILES string of the molecule is Cc1ccc(O)c(CN2CCCC(C(C)(C)C)CC2)c1. The number of rotatable bonds is 2. The molecule has 1 aliphatic rings. The second kappa shape index (κ2) is 6.17. The van der Waals surface area contributed by atoms with Crippen LogP contribution in [0.25, 0.3) is 0 Å². The molecular formula is C18H29NO. The number of benzene rings is 1. The van der Waals surface area contributed by atoms with E-state index in [0.717, 1.165) is 31.1 Å². The average Bonchev–Trinajstić information content (AvgIpc) is 2.59. The lowest BCUT2D eigenvalue weighted by molar-refractivity contribution is 0.206. The van der Waals surface area contributed by atoms with Crippen molar-refractivity contribution in [1.82, 2.24) is 4.90 Å². The monoisotopic (exact) mass is 275 g/mol. The van der Waals surface area contributed by atoms with Gasteiger partial charge in [0.1, 0.15) is 5.75 Å². The van der Waals surface area contributed by atoms with Gasteiger partial charge in [-0.3, -0.25) is 4.90 Å². The fraction of sp³-hybridized carbons (Fsp3) is 0.667. The minimum absolute atomic E-state index is 0.418. The van der Waals surface area contributed by atoms with E-state index in [4.69, 9.17) is 0 Å². The highest BCUT2D eigenvalue weighted by atomic mass is 16.3. The van der Waals surface area contributed by atoms with Gasteiger partial charge in [-0.2, -0.15) is 0 Å². The Morgan fingerprint density at radius 2 is 1.95 bits per heavy atom. The number of aromatic hydroxyl groups is 1. The molecule has 1 fully saturated rings. The summed E-state index contributed by atoms with van der Waals surface area (Å²) in [6.45, 7) is 12.3. The van der Waals surface area contributed by atoms with E-state index in [1.54, 1.807) is 0 Å². The Labute approximate surface area is 123 Å². The molecule has 2 rings (SSSR count). The largest absolute Gasteiger partial charge is 0.508 e. The van der Waals surface area contributed by atoms with Crippen LogP contribution in [0.1, 0.15) is 51.2 Å². The van der Waals surface area contributed by atoms with Crippen molar-refractivity contribution in [1.29, 1.82) is 0 Å². The Morgan fingerprint density at radius 3 is 2.65 bits per heavy atom. The van der Waals surface area contributed by atoms with Crippen molar-refractivity contribution in [2.45, 2.75) is 53.5 Å². The zero-order valence-corrected chi connectivity index (χ0v) is 13.4. The van der Waals surface area contributed by atoms with Crippen LogP contribution in [0.2, 0.25) is 0 Å². The van der Waals surface area contributed by atoms with E-state index >= 15 is 0 Å². The van der Waals surface area contributed by atoms with Crippen LogP contribution in [-0.2, 0) is 6.54 Å². The minimum atomic E-state index is 0.418. The summed E-state index contributed by atoms with van der Waals surface area (Å²) < 4.78 is 0. The van der Waals surface area contributed by atoms with E-state index in [1.165, 1.54) is 24.8 Å². The molecule has 1 atom stereocenters. The smallest absolute Gasteiger partial charge is 0.120 e. The lowest BCUT2D eigenvalue weighted by atomic mass is 9.77. The predicted octanol–water partition coefficient (Wildman–Crippen LogP) is 4.35. The van der Waals surface area contributed by atoms with Crippen molar-refractivity contribution >= 4 is 0 Å². The molecular weight excluding hydrogens is 246 g/mol. The molecule has 1 aromatic carbocycles. The van der Waals surface area contributed by atoms with Gasteiger partial charge in [0.05, 0.1) is 0 Å². The van der Waals surface area contributed by atoms with Gasteiger partial charge in [-0.25, -0.2) is 0 Å². The van der Waals surface area contributed by atoms with Crippen molar-refractivity contribution in [3.05, 3.63) is 29.3 Å². The zero-order chi connectivity index (χ0) is 14.8. The van der Waals surface area contributed by atoms with Crippen molar-refractivity contribution in [2.24, 2.45) is 11.3 Å². The molecule has 1 aromatic rings. The molecule has 1 unspecified atom stereocenters. The summed E-state index contributed by atoms with van der Waals surface area (Å²) in [5.74, 6) is 1.26. The molecule has 2 heteroatoms. The molecule has 1 N–H and O–H groups in total. The van der Waals surface area contributed by atoms with Gasteiger partial charge in [0.25, 0.3) is 0 Å². The van der Waals surface area contributed by atoms with Gasteiger partial charge in [0.2, 0.25) is 0 Å². The lowest BCUT2D eigenvalue weighted by Gasteiger charge is -2.29. The summed E-state index contributed by atoms with van der Waals surface area (Å²) in [5.41, 5.74) is 2.71. The molecule has 0 spiro atoms. The maximum absolute atomic E-state index is 9.99. The summed E-state index contributed by atoms with van der Waals surface area (Å²) >= 11 is 0. The van der Waals surface area contributed by atoms with Crippen LogP contribution < -0.4 is 0 Å². The molecule has 0 amide bonds. The molecule has 1 aliphatic heterocycles. The zero-order valence-electron chi connectivity index (χ0n) is 13.4. The number of nitrogens with zero attached hydrogens (tertiary/aromatic N) is 1. The van der Waals surface area contributed by atoms with Crippen LogP contribution >= 0.6 is 0 Å². The summed E-state index contributed by atoms with van der Waals surface area (Å²) in [6, 6.07) is 5.90. The second-order valence-corrected chi connectivity index (χ2v) is 7.40. The van der Waals surface area contributed by atoms with Crippen molar-refractivity contribution in [3.63, 3.8) is 0 Å². The Hall–Kier alpha value is -1.02. The summed E-state index contributed by atoms with van der Waals surface area (Å²) in [7, 11) is 0. The van der Waals surface area contributed by atoms with Crippen molar-refractivity contribution < 1.29 is 5.11 Å². The van der Waals surface area contributed by atoms with Gasteiger partial charge >= 0.3 is 0 Å². The van der Waals surface area contributed by atoms with Crippen LogP contribution in [-0.4, -0.2) is 23.1 Å². The maximum Gasteiger partial charge on any atom is 0.120 e. The highest BCUT2D eigenvalue weighted by molar-refractivity contribution is 5.35. The molecule has 1 heterocycles. The number of hydrogen-bond donors (Lipinski definition) is 1. The summed E-state index contributed by atoms with van der Waals surface area (Å²) in [5, 5.41) is 9.99. The molecule has 0 aromatic heterocycles. The number of hydrogen-bond acceptors (Lipinski definition) is 2. The van der Waals surface area contributed by atoms with Crippen LogP contribution in [0, 0.1) is 18.3 Å². The van der Waals surface area contributed by atoms with Crippen LogP contribution in [0.5, 0.6) is 5.75 Å². The minimum Gasteiger partial charge on any atom is -0.508 e. The Kier molecular flexibility index (Phi) is 4.74. The van der Waals surface area contributed by atoms with Crippen LogP contribution in [0.4, 0.5) is 0 Å². The molecule has 0 aliphatic carbocycles.